The lowest BCUT2D eigenvalue weighted by Crippen LogP contribution is -2.32. The highest BCUT2D eigenvalue weighted by atomic mass is 16.5. The summed E-state index contributed by atoms with van der Waals surface area (Å²) in [5.41, 5.74) is 8.87. The van der Waals surface area contributed by atoms with Crippen LogP contribution in [0.2, 0.25) is 0 Å². The Morgan fingerprint density at radius 2 is 2.11 bits per heavy atom. The van der Waals surface area contributed by atoms with E-state index < -0.39 is 0 Å². The summed E-state index contributed by atoms with van der Waals surface area (Å²) >= 11 is 0. The van der Waals surface area contributed by atoms with Crippen LogP contribution in [0.25, 0.3) is 0 Å². The van der Waals surface area contributed by atoms with Crippen LogP contribution >= 0.6 is 0 Å². The van der Waals surface area contributed by atoms with E-state index in [9.17, 15) is 0 Å². The van der Waals surface area contributed by atoms with Gasteiger partial charge >= 0.3 is 0 Å². The van der Waals surface area contributed by atoms with Crippen LogP contribution in [0.5, 0.6) is 11.5 Å². The second-order valence-corrected chi connectivity index (χ2v) is 5.46. The van der Waals surface area contributed by atoms with Gasteiger partial charge in [-0.15, -0.1) is 0 Å². The number of ether oxygens (including phenoxy) is 2. The monoisotopic (exact) mass is 247 g/mol. The molecule has 3 rings (SSSR count). The minimum absolute atomic E-state index is 0.172. The molecule has 0 aromatic heterocycles. The number of benzene rings is 1. The molecule has 0 amide bonds. The van der Waals surface area contributed by atoms with Crippen molar-refractivity contribution in [2.45, 2.75) is 37.5 Å². The summed E-state index contributed by atoms with van der Waals surface area (Å²) in [5.74, 6) is 1.81. The minimum Gasteiger partial charge on any atom is -0.493 e. The van der Waals surface area contributed by atoms with Gasteiger partial charge in [-0.1, -0.05) is 18.9 Å². The molecular weight excluding hydrogens is 226 g/mol. The van der Waals surface area contributed by atoms with Crippen molar-refractivity contribution in [3.8, 4) is 11.5 Å². The molecule has 1 fully saturated rings. The summed E-state index contributed by atoms with van der Waals surface area (Å²) < 4.78 is 11.1. The van der Waals surface area contributed by atoms with E-state index in [1.165, 1.54) is 36.8 Å². The summed E-state index contributed by atoms with van der Waals surface area (Å²) in [6.07, 6.45) is 5.96. The molecule has 3 nitrogen and oxygen atoms in total. The van der Waals surface area contributed by atoms with E-state index in [1.807, 2.05) is 0 Å². The molecule has 18 heavy (non-hydrogen) atoms. The Kier molecular flexibility index (Phi) is 2.94. The Labute approximate surface area is 108 Å². The van der Waals surface area contributed by atoms with Gasteiger partial charge in [0.05, 0.1) is 13.7 Å². The molecule has 0 bridgehead atoms. The zero-order chi connectivity index (χ0) is 12.6. The molecule has 0 radical (unpaired) electrons. The summed E-state index contributed by atoms with van der Waals surface area (Å²) in [4.78, 5) is 0. The standard InChI is InChI=1S/C15H21NO2/c1-17-13-9-12(8-11-4-7-18-14(11)13)15(10-16)5-2-3-6-15/h8-9H,2-7,10,16H2,1H3. The van der Waals surface area contributed by atoms with Crippen LogP contribution in [0, 0.1) is 0 Å². The van der Waals surface area contributed by atoms with Crippen LogP contribution < -0.4 is 15.2 Å². The Hall–Kier alpha value is -1.22. The highest BCUT2D eigenvalue weighted by molar-refractivity contribution is 5.53. The topological polar surface area (TPSA) is 44.5 Å². The van der Waals surface area contributed by atoms with Crippen LogP contribution in [0.4, 0.5) is 0 Å². The lowest BCUT2D eigenvalue weighted by Gasteiger charge is -2.28. The van der Waals surface area contributed by atoms with Gasteiger partial charge in [0, 0.05) is 23.9 Å². The normalized spacial score (nSPS) is 20.6. The molecule has 2 N–H and O–H groups in total. The Bertz CT molecular complexity index is 450. The summed E-state index contributed by atoms with van der Waals surface area (Å²) in [5, 5.41) is 0. The molecule has 2 aliphatic rings. The predicted octanol–water partition coefficient (Wildman–Crippen LogP) is 2.40. The highest BCUT2D eigenvalue weighted by Crippen LogP contribution is 2.45. The van der Waals surface area contributed by atoms with Gasteiger partial charge in [0.1, 0.15) is 0 Å². The van der Waals surface area contributed by atoms with Crippen LogP contribution in [0.15, 0.2) is 12.1 Å². The molecule has 98 valence electrons. The fraction of sp³-hybridized carbons (Fsp3) is 0.600. The first-order valence-corrected chi connectivity index (χ1v) is 6.83. The predicted molar refractivity (Wildman–Crippen MR) is 71.4 cm³/mol. The van der Waals surface area contributed by atoms with Crippen molar-refractivity contribution in [2.75, 3.05) is 20.3 Å². The first kappa shape index (κ1) is 11.8. The maximum atomic E-state index is 6.07. The summed E-state index contributed by atoms with van der Waals surface area (Å²) in [7, 11) is 1.71. The smallest absolute Gasteiger partial charge is 0.164 e. The first-order chi connectivity index (χ1) is 8.79. The number of nitrogens with two attached hydrogens (primary N) is 1. The number of rotatable bonds is 3. The summed E-state index contributed by atoms with van der Waals surface area (Å²) in [6.45, 7) is 1.50. The Morgan fingerprint density at radius 3 is 2.78 bits per heavy atom. The van der Waals surface area contributed by atoms with E-state index in [0.717, 1.165) is 31.1 Å². The third kappa shape index (κ3) is 1.69. The second-order valence-electron chi connectivity index (χ2n) is 5.46. The zero-order valence-corrected chi connectivity index (χ0v) is 11.0. The van der Waals surface area contributed by atoms with Crippen LogP contribution in [-0.2, 0) is 11.8 Å². The van der Waals surface area contributed by atoms with E-state index >= 15 is 0 Å². The molecule has 1 aliphatic carbocycles. The van der Waals surface area contributed by atoms with Gasteiger partial charge in [0.15, 0.2) is 11.5 Å². The van der Waals surface area contributed by atoms with Gasteiger partial charge in [-0.3, -0.25) is 0 Å². The van der Waals surface area contributed by atoms with Crippen molar-refractivity contribution in [1.82, 2.24) is 0 Å². The molecule has 0 unspecified atom stereocenters. The van der Waals surface area contributed by atoms with Crippen molar-refractivity contribution < 1.29 is 9.47 Å². The first-order valence-electron chi connectivity index (χ1n) is 6.83. The molecule has 1 heterocycles. The lowest BCUT2D eigenvalue weighted by atomic mass is 9.78. The highest BCUT2D eigenvalue weighted by Gasteiger charge is 2.36. The number of hydrogen-bond donors (Lipinski definition) is 1. The molecule has 1 aliphatic heterocycles. The van der Waals surface area contributed by atoms with E-state index in [0.29, 0.717) is 0 Å². The third-order valence-corrected chi connectivity index (χ3v) is 4.53. The van der Waals surface area contributed by atoms with E-state index in [4.69, 9.17) is 15.2 Å². The van der Waals surface area contributed by atoms with Crippen molar-refractivity contribution in [3.05, 3.63) is 23.3 Å². The second kappa shape index (κ2) is 4.47. The minimum atomic E-state index is 0.172. The molecule has 0 saturated heterocycles. The average Bonchev–Trinajstić information content (AvgIpc) is 3.06. The zero-order valence-electron chi connectivity index (χ0n) is 11.0. The molecule has 1 aromatic rings. The molecule has 0 spiro atoms. The van der Waals surface area contributed by atoms with E-state index in [-0.39, 0.29) is 5.41 Å². The molecular formula is C15H21NO2. The maximum Gasteiger partial charge on any atom is 0.164 e. The van der Waals surface area contributed by atoms with Gasteiger partial charge in [0.25, 0.3) is 0 Å². The fourth-order valence-electron chi connectivity index (χ4n) is 3.39. The van der Waals surface area contributed by atoms with Crippen LogP contribution in [0.3, 0.4) is 0 Å². The molecule has 1 saturated carbocycles. The Morgan fingerprint density at radius 1 is 1.33 bits per heavy atom. The van der Waals surface area contributed by atoms with E-state index in [2.05, 4.69) is 12.1 Å². The van der Waals surface area contributed by atoms with Crippen molar-refractivity contribution in [3.63, 3.8) is 0 Å². The summed E-state index contributed by atoms with van der Waals surface area (Å²) in [6, 6.07) is 4.44. The van der Waals surface area contributed by atoms with Gasteiger partial charge in [0.2, 0.25) is 0 Å². The van der Waals surface area contributed by atoms with Crippen molar-refractivity contribution >= 4 is 0 Å². The van der Waals surface area contributed by atoms with Crippen molar-refractivity contribution in [1.29, 1.82) is 0 Å². The largest absolute Gasteiger partial charge is 0.493 e. The third-order valence-electron chi connectivity index (χ3n) is 4.53. The van der Waals surface area contributed by atoms with Gasteiger partial charge < -0.3 is 15.2 Å². The molecule has 1 aromatic carbocycles. The van der Waals surface area contributed by atoms with Crippen LogP contribution in [-0.4, -0.2) is 20.3 Å². The Balaban J connectivity index is 2.07. The maximum absolute atomic E-state index is 6.07. The number of methoxy groups -OCH3 is 1. The average molecular weight is 247 g/mol. The van der Waals surface area contributed by atoms with Gasteiger partial charge in [-0.25, -0.2) is 0 Å². The van der Waals surface area contributed by atoms with Crippen LogP contribution in [0.1, 0.15) is 36.8 Å². The molecule has 3 heteroatoms. The van der Waals surface area contributed by atoms with E-state index in [1.54, 1.807) is 7.11 Å². The van der Waals surface area contributed by atoms with Gasteiger partial charge in [-0.05, 0) is 24.5 Å². The van der Waals surface area contributed by atoms with Gasteiger partial charge in [-0.2, -0.15) is 0 Å². The quantitative estimate of drug-likeness (QED) is 0.892. The number of fused-ring (bicyclic) bond motifs is 1. The SMILES string of the molecule is COc1cc(C2(CN)CCCC2)cc2c1OCC2. The molecule has 0 atom stereocenters. The fourth-order valence-corrected chi connectivity index (χ4v) is 3.39. The lowest BCUT2D eigenvalue weighted by molar-refractivity contribution is 0.325. The number of hydrogen-bond acceptors (Lipinski definition) is 3. The van der Waals surface area contributed by atoms with Crippen molar-refractivity contribution in [2.24, 2.45) is 5.73 Å².